The van der Waals surface area contributed by atoms with E-state index in [9.17, 15) is 0 Å². The summed E-state index contributed by atoms with van der Waals surface area (Å²) in [7, 11) is 0. The summed E-state index contributed by atoms with van der Waals surface area (Å²) in [4.78, 5) is 2.46. The van der Waals surface area contributed by atoms with Crippen LogP contribution in [-0.4, -0.2) is 40.4 Å². The van der Waals surface area contributed by atoms with Crippen molar-refractivity contribution in [3.05, 3.63) is 47.2 Å². The van der Waals surface area contributed by atoms with Gasteiger partial charge in [0, 0.05) is 49.0 Å². The van der Waals surface area contributed by atoms with Crippen LogP contribution in [0.15, 0.2) is 36.7 Å². The summed E-state index contributed by atoms with van der Waals surface area (Å²) in [6.07, 6.45) is 4.04. The van der Waals surface area contributed by atoms with Gasteiger partial charge in [-0.05, 0) is 31.2 Å². The topological polar surface area (TPSA) is 33.1 Å². The minimum absolute atomic E-state index is 0.565. The molecule has 0 bridgehead atoms. The molecule has 0 aliphatic carbocycles. The van der Waals surface area contributed by atoms with Crippen LogP contribution in [0.3, 0.4) is 0 Å². The SMILES string of the molecule is C[C@H]1CN(Cc2cnn(-c3ccc(Cl)cc3)c2)CCN1. The highest BCUT2D eigenvalue weighted by atomic mass is 35.5. The Morgan fingerprint density at radius 2 is 2.15 bits per heavy atom. The molecule has 4 nitrogen and oxygen atoms in total. The first-order valence-corrected chi connectivity index (χ1v) is 7.34. The Morgan fingerprint density at radius 3 is 2.90 bits per heavy atom. The van der Waals surface area contributed by atoms with Crippen LogP contribution in [0.1, 0.15) is 12.5 Å². The van der Waals surface area contributed by atoms with Gasteiger partial charge in [0.15, 0.2) is 0 Å². The third-order valence-corrected chi connectivity index (χ3v) is 3.84. The second kappa shape index (κ2) is 5.95. The van der Waals surface area contributed by atoms with Gasteiger partial charge >= 0.3 is 0 Å². The molecule has 0 radical (unpaired) electrons. The third-order valence-electron chi connectivity index (χ3n) is 3.59. The van der Waals surface area contributed by atoms with Crippen molar-refractivity contribution >= 4 is 11.6 Å². The molecule has 1 aromatic carbocycles. The second-order valence-electron chi connectivity index (χ2n) is 5.36. The Morgan fingerprint density at radius 1 is 1.35 bits per heavy atom. The van der Waals surface area contributed by atoms with E-state index in [0.29, 0.717) is 6.04 Å². The quantitative estimate of drug-likeness (QED) is 0.942. The summed E-state index contributed by atoms with van der Waals surface area (Å²) >= 11 is 5.90. The van der Waals surface area contributed by atoms with Crippen molar-refractivity contribution in [2.75, 3.05) is 19.6 Å². The van der Waals surface area contributed by atoms with E-state index in [-0.39, 0.29) is 0 Å². The van der Waals surface area contributed by atoms with Crippen LogP contribution >= 0.6 is 11.6 Å². The predicted octanol–water partition coefficient (Wildman–Crippen LogP) is 2.32. The lowest BCUT2D eigenvalue weighted by atomic mass is 10.2. The number of halogens is 1. The Balaban J connectivity index is 1.69. The van der Waals surface area contributed by atoms with Crippen LogP contribution in [0.5, 0.6) is 0 Å². The van der Waals surface area contributed by atoms with Crippen LogP contribution in [0.4, 0.5) is 0 Å². The third kappa shape index (κ3) is 3.20. The van der Waals surface area contributed by atoms with Gasteiger partial charge in [-0.3, -0.25) is 4.90 Å². The lowest BCUT2D eigenvalue weighted by Crippen LogP contribution is -2.48. The zero-order chi connectivity index (χ0) is 13.9. The average Bonchev–Trinajstić information content (AvgIpc) is 2.88. The first kappa shape index (κ1) is 13.6. The molecule has 0 unspecified atom stereocenters. The minimum Gasteiger partial charge on any atom is -0.312 e. The van der Waals surface area contributed by atoms with E-state index in [1.807, 2.05) is 35.1 Å². The van der Waals surface area contributed by atoms with Gasteiger partial charge in [0.1, 0.15) is 0 Å². The van der Waals surface area contributed by atoms with E-state index < -0.39 is 0 Å². The predicted molar refractivity (Wildman–Crippen MR) is 81.3 cm³/mol. The fourth-order valence-electron chi connectivity index (χ4n) is 2.59. The zero-order valence-electron chi connectivity index (χ0n) is 11.6. The van der Waals surface area contributed by atoms with Gasteiger partial charge in [0.05, 0.1) is 11.9 Å². The molecule has 2 aromatic rings. The molecule has 1 aromatic heterocycles. The summed E-state index contributed by atoms with van der Waals surface area (Å²) in [5, 5.41) is 8.64. The van der Waals surface area contributed by atoms with Gasteiger partial charge in [-0.25, -0.2) is 4.68 Å². The Bertz CT molecular complexity index is 564. The summed E-state index contributed by atoms with van der Waals surface area (Å²) in [6, 6.07) is 8.29. The lowest BCUT2D eigenvalue weighted by molar-refractivity contribution is 0.199. The highest BCUT2D eigenvalue weighted by molar-refractivity contribution is 6.30. The largest absolute Gasteiger partial charge is 0.312 e. The van der Waals surface area contributed by atoms with Crippen molar-refractivity contribution in [1.82, 2.24) is 20.0 Å². The van der Waals surface area contributed by atoms with Gasteiger partial charge in [-0.15, -0.1) is 0 Å². The number of hydrogen-bond acceptors (Lipinski definition) is 3. The molecule has 1 aliphatic heterocycles. The fraction of sp³-hybridized carbons (Fsp3) is 0.400. The van der Waals surface area contributed by atoms with Gasteiger partial charge in [-0.2, -0.15) is 5.10 Å². The Kier molecular flexibility index (Phi) is 4.05. The minimum atomic E-state index is 0.565. The molecule has 20 heavy (non-hydrogen) atoms. The molecule has 1 saturated heterocycles. The van der Waals surface area contributed by atoms with E-state index in [2.05, 4.69) is 28.4 Å². The van der Waals surface area contributed by atoms with Crippen molar-refractivity contribution in [3.63, 3.8) is 0 Å². The van der Waals surface area contributed by atoms with Gasteiger partial charge < -0.3 is 5.32 Å². The van der Waals surface area contributed by atoms with Gasteiger partial charge in [-0.1, -0.05) is 11.6 Å². The van der Waals surface area contributed by atoms with E-state index in [1.165, 1.54) is 5.56 Å². The fourth-order valence-corrected chi connectivity index (χ4v) is 2.72. The normalized spacial score (nSPS) is 20.2. The average molecular weight is 291 g/mol. The molecule has 3 rings (SSSR count). The Hall–Kier alpha value is -1.36. The van der Waals surface area contributed by atoms with Crippen molar-refractivity contribution in [2.24, 2.45) is 0 Å². The maximum absolute atomic E-state index is 5.90. The maximum atomic E-state index is 5.90. The molecule has 1 N–H and O–H groups in total. The van der Waals surface area contributed by atoms with E-state index in [4.69, 9.17) is 11.6 Å². The molecule has 1 atom stereocenters. The summed E-state index contributed by atoms with van der Waals surface area (Å²) < 4.78 is 1.90. The van der Waals surface area contributed by atoms with Gasteiger partial charge in [0.2, 0.25) is 0 Å². The molecule has 0 amide bonds. The van der Waals surface area contributed by atoms with Crippen molar-refractivity contribution < 1.29 is 0 Å². The summed E-state index contributed by atoms with van der Waals surface area (Å²) in [5.74, 6) is 0. The van der Waals surface area contributed by atoms with E-state index in [1.54, 1.807) is 0 Å². The molecule has 5 heteroatoms. The molecular weight excluding hydrogens is 272 g/mol. The zero-order valence-corrected chi connectivity index (χ0v) is 12.3. The van der Waals surface area contributed by atoms with E-state index in [0.717, 1.165) is 36.9 Å². The van der Waals surface area contributed by atoms with Crippen LogP contribution < -0.4 is 5.32 Å². The molecule has 0 spiro atoms. The van der Waals surface area contributed by atoms with Crippen LogP contribution in [0.2, 0.25) is 5.02 Å². The standard InChI is InChI=1S/C15H19ClN4/c1-12-9-19(7-6-17-12)10-13-8-18-20(11-13)15-4-2-14(16)3-5-15/h2-5,8,11-12,17H,6-7,9-10H2,1H3/t12-/m0/s1. The van der Waals surface area contributed by atoms with Crippen LogP contribution in [0, 0.1) is 0 Å². The number of piperazine rings is 1. The summed E-state index contributed by atoms with van der Waals surface area (Å²) in [6.45, 7) is 6.43. The molecule has 2 heterocycles. The van der Waals surface area contributed by atoms with Crippen LogP contribution in [0.25, 0.3) is 5.69 Å². The maximum Gasteiger partial charge on any atom is 0.0646 e. The van der Waals surface area contributed by atoms with Crippen molar-refractivity contribution in [2.45, 2.75) is 19.5 Å². The summed E-state index contributed by atoms with van der Waals surface area (Å²) in [5.41, 5.74) is 2.28. The molecule has 1 aliphatic rings. The van der Waals surface area contributed by atoms with Crippen molar-refractivity contribution in [3.8, 4) is 5.69 Å². The highest BCUT2D eigenvalue weighted by Gasteiger charge is 2.16. The molecule has 1 fully saturated rings. The number of aromatic nitrogens is 2. The number of nitrogens with one attached hydrogen (secondary N) is 1. The highest BCUT2D eigenvalue weighted by Crippen LogP contribution is 2.14. The van der Waals surface area contributed by atoms with Gasteiger partial charge in [0.25, 0.3) is 0 Å². The van der Waals surface area contributed by atoms with Crippen molar-refractivity contribution in [1.29, 1.82) is 0 Å². The molecular formula is C15H19ClN4. The van der Waals surface area contributed by atoms with E-state index >= 15 is 0 Å². The molecule has 0 saturated carbocycles. The van der Waals surface area contributed by atoms with Crippen LogP contribution in [-0.2, 0) is 6.54 Å². The number of benzene rings is 1. The number of nitrogens with zero attached hydrogens (tertiary/aromatic N) is 3. The molecule has 106 valence electrons. The smallest absolute Gasteiger partial charge is 0.0646 e. The first-order chi connectivity index (χ1) is 9.70. The first-order valence-electron chi connectivity index (χ1n) is 6.96. The lowest BCUT2D eigenvalue weighted by Gasteiger charge is -2.31. The number of rotatable bonds is 3. The second-order valence-corrected chi connectivity index (χ2v) is 5.80. The Labute approximate surface area is 124 Å². The number of hydrogen-bond donors (Lipinski definition) is 1. The monoisotopic (exact) mass is 290 g/mol.